The van der Waals surface area contributed by atoms with Gasteiger partial charge in [-0.2, -0.15) is 0 Å². The lowest BCUT2D eigenvalue weighted by molar-refractivity contribution is -0.165. The number of hydrogen-bond donors (Lipinski definition) is 0. The molecule has 0 bridgehead atoms. The van der Waals surface area contributed by atoms with E-state index in [2.05, 4.69) is 69.4 Å². The molecule has 4 heteroatoms. The van der Waals surface area contributed by atoms with Crippen LogP contribution in [0.3, 0.4) is 0 Å². The predicted octanol–water partition coefficient (Wildman–Crippen LogP) is 12.9. The van der Waals surface area contributed by atoms with Crippen LogP contribution in [0.4, 0.5) is 0 Å². The minimum Gasteiger partial charge on any atom is -0.458 e. The van der Waals surface area contributed by atoms with Gasteiger partial charge >= 0.3 is 11.9 Å². The van der Waals surface area contributed by atoms with E-state index in [0.29, 0.717) is 18.8 Å². The number of allylic oxidation sites excluding steroid dienone is 8. The van der Waals surface area contributed by atoms with Crippen molar-refractivity contribution in [2.75, 3.05) is 0 Å². The summed E-state index contributed by atoms with van der Waals surface area (Å²) in [6.45, 7) is 6.64. The molecule has 0 aromatic rings. The van der Waals surface area contributed by atoms with Crippen molar-refractivity contribution in [3.05, 3.63) is 48.6 Å². The van der Waals surface area contributed by atoms with E-state index in [1.165, 1.54) is 77.0 Å². The average Bonchev–Trinajstić information content (AvgIpc) is 3.38. The standard InChI is InChI=1S/C42H72O4/c1-4-6-8-10-12-14-16-18-20-22-24-26-28-30-32-34-41(43)45-39-36-38(3)37-40(39)46-42(44)35-33-31-29-27-25-23-21-19-17-15-13-11-9-7-5-2/h12-15,18-21,38-40H,4-11,16-17,22-37H2,1-3H3/b14-12-,15-13-,20-18-,21-19-/t38-,39+,40-. The first kappa shape index (κ1) is 41.9. The summed E-state index contributed by atoms with van der Waals surface area (Å²) < 4.78 is 11.6. The number of esters is 2. The van der Waals surface area contributed by atoms with Crippen LogP contribution in [0.25, 0.3) is 0 Å². The van der Waals surface area contributed by atoms with Crippen molar-refractivity contribution in [2.24, 2.45) is 5.92 Å². The van der Waals surface area contributed by atoms with Gasteiger partial charge in [0.25, 0.3) is 0 Å². The quantitative estimate of drug-likeness (QED) is 0.0445. The van der Waals surface area contributed by atoms with Gasteiger partial charge in [-0.05, 0) is 95.8 Å². The highest BCUT2D eigenvalue weighted by molar-refractivity contribution is 5.70. The predicted molar refractivity (Wildman–Crippen MR) is 197 cm³/mol. The van der Waals surface area contributed by atoms with Crippen LogP contribution in [0.5, 0.6) is 0 Å². The summed E-state index contributed by atoms with van der Waals surface area (Å²) in [4.78, 5) is 25.0. The second kappa shape index (κ2) is 31.5. The van der Waals surface area contributed by atoms with Crippen molar-refractivity contribution >= 4 is 11.9 Å². The van der Waals surface area contributed by atoms with Gasteiger partial charge in [0.1, 0.15) is 12.2 Å². The Bertz CT molecular complexity index is 771. The van der Waals surface area contributed by atoms with E-state index < -0.39 is 0 Å². The summed E-state index contributed by atoms with van der Waals surface area (Å²) >= 11 is 0. The molecule has 264 valence electrons. The summed E-state index contributed by atoms with van der Waals surface area (Å²) in [5, 5.41) is 0. The Balaban J connectivity index is 2.04. The third-order valence-electron chi connectivity index (χ3n) is 8.91. The molecule has 0 aromatic carbocycles. The van der Waals surface area contributed by atoms with Crippen molar-refractivity contribution in [1.82, 2.24) is 0 Å². The molecule has 46 heavy (non-hydrogen) atoms. The number of carbonyl (C=O) groups is 2. The smallest absolute Gasteiger partial charge is 0.306 e. The molecule has 0 aromatic heterocycles. The fourth-order valence-electron chi connectivity index (χ4n) is 6.06. The molecule has 1 aliphatic carbocycles. The Labute approximate surface area is 284 Å². The topological polar surface area (TPSA) is 52.6 Å². The normalized spacial score (nSPS) is 18.5. The number of unbranched alkanes of at least 4 members (excludes halogenated alkanes) is 16. The van der Waals surface area contributed by atoms with Crippen LogP contribution in [0.15, 0.2) is 48.6 Å². The molecule has 0 spiro atoms. The van der Waals surface area contributed by atoms with Crippen molar-refractivity contribution < 1.29 is 19.1 Å². The van der Waals surface area contributed by atoms with Crippen LogP contribution in [0.1, 0.15) is 188 Å². The van der Waals surface area contributed by atoms with E-state index in [0.717, 1.165) is 77.0 Å². The van der Waals surface area contributed by atoms with E-state index >= 15 is 0 Å². The summed E-state index contributed by atoms with van der Waals surface area (Å²) in [6.07, 6.45) is 45.9. The Morgan fingerprint density at radius 1 is 0.478 bits per heavy atom. The van der Waals surface area contributed by atoms with Gasteiger partial charge in [-0.1, -0.05) is 134 Å². The molecule has 0 radical (unpaired) electrons. The van der Waals surface area contributed by atoms with Crippen molar-refractivity contribution in [3.63, 3.8) is 0 Å². The summed E-state index contributed by atoms with van der Waals surface area (Å²) in [7, 11) is 0. The molecule has 0 saturated heterocycles. The molecule has 3 atom stereocenters. The summed E-state index contributed by atoms with van der Waals surface area (Å²) in [6, 6.07) is 0. The number of carbonyl (C=O) groups excluding carboxylic acids is 2. The van der Waals surface area contributed by atoms with Gasteiger partial charge < -0.3 is 9.47 Å². The number of rotatable bonds is 30. The first-order chi connectivity index (χ1) is 22.6. The second-order valence-electron chi connectivity index (χ2n) is 13.6. The van der Waals surface area contributed by atoms with Crippen LogP contribution in [0, 0.1) is 5.92 Å². The van der Waals surface area contributed by atoms with Gasteiger partial charge in [0, 0.05) is 12.8 Å². The Morgan fingerprint density at radius 3 is 1.17 bits per heavy atom. The maximum atomic E-state index is 12.5. The largest absolute Gasteiger partial charge is 0.458 e. The Kier molecular flexibility index (Phi) is 28.7. The van der Waals surface area contributed by atoms with E-state index in [1.807, 2.05) is 0 Å². The first-order valence-electron chi connectivity index (χ1n) is 19.6. The van der Waals surface area contributed by atoms with Crippen LogP contribution < -0.4 is 0 Å². The summed E-state index contributed by atoms with van der Waals surface area (Å²) in [5.74, 6) is 0.126. The molecule has 0 aliphatic heterocycles. The highest BCUT2D eigenvalue weighted by Crippen LogP contribution is 2.31. The fourth-order valence-corrected chi connectivity index (χ4v) is 6.06. The van der Waals surface area contributed by atoms with Crippen LogP contribution >= 0.6 is 0 Å². The van der Waals surface area contributed by atoms with Gasteiger partial charge in [-0.25, -0.2) is 0 Å². The molecule has 0 unspecified atom stereocenters. The van der Waals surface area contributed by atoms with Crippen LogP contribution in [0.2, 0.25) is 0 Å². The second-order valence-corrected chi connectivity index (χ2v) is 13.6. The van der Waals surface area contributed by atoms with Crippen molar-refractivity contribution in [3.8, 4) is 0 Å². The van der Waals surface area contributed by atoms with E-state index in [4.69, 9.17) is 9.47 Å². The molecule has 0 amide bonds. The van der Waals surface area contributed by atoms with E-state index in [9.17, 15) is 9.59 Å². The zero-order valence-electron chi connectivity index (χ0n) is 30.4. The fraction of sp³-hybridized carbons (Fsp3) is 0.762. The SMILES string of the molecule is CCCCC/C=C\C/C=C\CCCCCCCC(=O)O[C@H]1C[C@@H](C)C[C@H]1OC(=O)CCCCCCC/C=C\C/C=C\CCCCC. The zero-order valence-corrected chi connectivity index (χ0v) is 30.4. The molecular formula is C42H72O4. The Hall–Kier alpha value is -2.10. The van der Waals surface area contributed by atoms with Crippen molar-refractivity contribution in [1.29, 1.82) is 0 Å². The van der Waals surface area contributed by atoms with Gasteiger partial charge in [0.15, 0.2) is 0 Å². The maximum Gasteiger partial charge on any atom is 0.306 e. The third-order valence-corrected chi connectivity index (χ3v) is 8.91. The minimum absolute atomic E-state index is 0.139. The van der Waals surface area contributed by atoms with Gasteiger partial charge in [0.2, 0.25) is 0 Å². The summed E-state index contributed by atoms with van der Waals surface area (Å²) in [5.41, 5.74) is 0. The van der Waals surface area contributed by atoms with Gasteiger partial charge in [-0.3, -0.25) is 9.59 Å². The minimum atomic E-state index is -0.283. The third kappa shape index (κ3) is 26.0. The first-order valence-corrected chi connectivity index (χ1v) is 19.6. The lowest BCUT2D eigenvalue weighted by Gasteiger charge is -2.20. The average molecular weight is 641 g/mol. The molecular weight excluding hydrogens is 568 g/mol. The van der Waals surface area contributed by atoms with Crippen LogP contribution in [-0.4, -0.2) is 24.1 Å². The maximum absolute atomic E-state index is 12.5. The molecule has 1 rings (SSSR count). The Morgan fingerprint density at radius 2 is 0.804 bits per heavy atom. The highest BCUT2D eigenvalue weighted by Gasteiger charge is 2.37. The zero-order chi connectivity index (χ0) is 33.3. The molecule has 0 N–H and O–H groups in total. The van der Waals surface area contributed by atoms with E-state index in [1.54, 1.807) is 0 Å². The van der Waals surface area contributed by atoms with Crippen molar-refractivity contribution in [2.45, 2.75) is 200 Å². The number of hydrogen-bond acceptors (Lipinski definition) is 4. The molecule has 1 saturated carbocycles. The van der Waals surface area contributed by atoms with Gasteiger partial charge in [0.05, 0.1) is 0 Å². The van der Waals surface area contributed by atoms with E-state index in [-0.39, 0.29) is 24.1 Å². The molecule has 1 fully saturated rings. The number of ether oxygens (including phenoxy) is 2. The van der Waals surface area contributed by atoms with Crippen LogP contribution in [-0.2, 0) is 19.1 Å². The highest BCUT2D eigenvalue weighted by atomic mass is 16.6. The molecule has 4 nitrogen and oxygen atoms in total. The lowest BCUT2D eigenvalue weighted by atomic mass is 10.1. The van der Waals surface area contributed by atoms with Gasteiger partial charge in [-0.15, -0.1) is 0 Å². The molecule has 0 heterocycles. The monoisotopic (exact) mass is 641 g/mol. The lowest BCUT2D eigenvalue weighted by Crippen LogP contribution is -2.30. The molecule has 1 aliphatic rings.